The van der Waals surface area contributed by atoms with Crippen molar-refractivity contribution in [3.8, 4) is 11.3 Å². The number of carbonyl (C=O) groups is 3. The SMILES string of the molecule is CC(C)CNC(=O)c1ccc(-c2occc2C(=O)Nc2ccc(C(=N)N)cc2)c(C(=O)O)c1. The van der Waals surface area contributed by atoms with E-state index in [4.69, 9.17) is 15.6 Å². The highest BCUT2D eigenvalue weighted by atomic mass is 16.4. The Balaban J connectivity index is 1.89. The van der Waals surface area contributed by atoms with Crippen LogP contribution in [0.5, 0.6) is 0 Å². The van der Waals surface area contributed by atoms with Crippen molar-refractivity contribution in [1.82, 2.24) is 5.32 Å². The van der Waals surface area contributed by atoms with E-state index < -0.39 is 11.9 Å². The summed E-state index contributed by atoms with van der Waals surface area (Å²) >= 11 is 0. The van der Waals surface area contributed by atoms with Crippen molar-refractivity contribution in [2.75, 3.05) is 11.9 Å². The zero-order valence-electron chi connectivity index (χ0n) is 18.1. The monoisotopic (exact) mass is 448 g/mol. The number of furan rings is 1. The number of anilines is 1. The lowest BCUT2D eigenvalue weighted by Gasteiger charge is -2.11. The summed E-state index contributed by atoms with van der Waals surface area (Å²) in [7, 11) is 0. The zero-order valence-corrected chi connectivity index (χ0v) is 18.1. The third-order valence-electron chi connectivity index (χ3n) is 4.79. The van der Waals surface area contributed by atoms with Crippen LogP contribution < -0.4 is 16.4 Å². The van der Waals surface area contributed by atoms with Crippen LogP contribution in [-0.4, -0.2) is 35.3 Å². The first-order valence-electron chi connectivity index (χ1n) is 10.2. The molecule has 0 saturated heterocycles. The number of amides is 2. The lowest BCUT2D eigenvalue weighted by atomic mass is 9.99. The number of carbonyl (C=O) groups excluding carboxylic acids is 2. The number of nitrogens with one attached hydrogen (secondary N) is 3. The number of amidine groups is 1. The van der Waals surface area contributed by atoms with Crippen LogP contribution in [0.2, 0.25) is 0 Å². The first kappa shape index (κ1) is 23.3. The van der Waals surface area contributed by atoms with Crippen LogP contribution >= 0.6 is 0 Å². The Hall–Kier alpha value is -4.40. The van der Waals surface area contributed by atoms with E-state index in [1.807, 2.05) is 13.8 Å². The lowest BCUT2D eigenvalue weighted by Crippen LogP contribution is -2.27. The Morgan fingerprint density at radius 1 is 1.00 bits per heavy atom. The number of benzene rings is 2. The van der Waals surface area contributed by atoms with Gasteiger partial charge in [-0.3, -0.25) is 15.0 Å². The summed E-state index contributed by atoms with van der Waals surface area (Å²) in [6.45, 7) is 4.36. The minimum Gasteiger partial charge on any atom is -0.478 e. The third kappa shape index (κ3) is 5.45. The van der Waals surface area contributed by atoms with E-state index in [2.05, 4.69) is 10.6 Å². The molecule has 9 nitrogen and oxygen atoms in total. The van der Waals surface area contributed by atoms with E-state index in [-0.39, 0.29) is 45.7 Å². The zero-order chi connectivity index (χ0) is 24.1. The predicted molar refractivity (Wildman–Crippen MR) is 124 cm³/mol. The number of hydrogen-bond donors (Lipinski definition) is 5. The van der Waals surface area contributed by atoms with Gasteiger partial charge in [0.15, 0.2) is 0 Å². The van der Waals surface area contributed by atoms with Gasteiger partial charge >= 0.3 is 5.97 Å². The van der Waals surface area contributed by atoms with E-state index in [0.717, 1.165) is 0 Å². The quantitative estimate of drug-likeness (QED) is 0.262. The first-order chi connectivity index (χ1) is 15.7. The van der Waals surface area contributed by atoms with Crippen molar-refractivity contribution in [1.29, 1.82) is 5.41 Å². The highest BCUT2D eigenvalue weighted by molar-refractivity contribution is 6.10. The van der Waals surface area contributed by atoms with Gasteiger partial charge in [-0.05, 0) is 54.4 Å². The molecule has 0 atom stereocenters. The summed E-state index contributed by atoms with van der Waals surface area (Å²) in [5.74, 6) is -1.93. The Labute approximate surface area is 190 Å². The number of rotatable bonds is 8. The van der Waals surface area contributed by atoms with Gasteiger partial charge in [-0.15, -0.1) is 0 Å². The first-order valence-corrected chi connectivity index (χ1v) is 10.2. The summed E-state index contributed by atoms with van der Waals surface area (Å²) in [5.41, 5.74) is 6.75. The second kappa shape index (κ2) is 9.82. The second-order valence-electron chi connectivity index (χ2n) is 7.78. The minimum atomic E-state index is -1.26. The molecule has 9 heteroatoms. The molecule has 2 amide bonds. The van der Waals surface area contributed by atoms with Crippen LogP contribution in [0.4, 0.5) is 5.69 Å². The van der Waals surface area contributed by atoms with Gasteiger partial charge in [-0.1, -0.05) is 13.8 Å². The predicted octanol–water partition coefficient (Wildman–Crippen LogP) is 3.57. The van der Waals surface area contributed by atoms with Gasteiger partial charge < -0.3 is 25.9 Å². The molecule has 0 radical (unpaired) electrons. The van der Waals surface area contributed by atoms with E-state index >= 15 is 0 Å². The molecule has 0 fully saturated rings. The molecule has 0 saturated carbocycles. The Morgan fingerprint density at radius 3 is 2.27 bits per heavy atom. The standard InChI is InChI=1S/C24H24N4O5/c1-13(2)12-27-22(29)15-5-8-17(19(11-15)24(31)32)20-18(9-10-33-20)23(30)28-16-6-3-14(4-7-16)21(25)26/h3-11,13H,12H2,1-2H3,(H3,25,26)(H,27,29)(H,28,30)(H,31,32). The van der Waals surface area contributed by atoms with Crippen LogP contribution in [0, 0.1) is 11.3 Å². The molecule has 33 heavy (non-hydrogen) atoms. The summed E-state index contributed by atoms with van der Waals surface area (Å²) in [6.07, 6.45) is 1.29. The third-order valence-corrected chi connectivity index (χ3v) is 4.79. The van der Waals surface area contributed by atoms with Gasteiger partial charge in [0.1, 0.15) is 11.6 Å². The fourth-order valence-corrected chi connectivity index (χ4v) is 3.09. The van der Waals surface area contributed by atoms with Gasteiger partial charge in [-0.25, -0.2) is 4.79 Å². The molecule has 0 unspecified atom stereocenters. The molecule has 0 bridgehead atoms. The van der Waals surface area contributed by atoms with Gasteiger partial charge in [0.05, 0.1) is 17.4 Å². The molecule has 170 valence electrons. The van der Waals surface area contributed by atoms with Gasteiger partial charge in [0.2, 0.25) is 0 Å². The van der Waals surface area contributed by atoms with Crippen molar-refractivity contribution in [2.24, 2.45) is 11.7 Å². The number of nitrogen functional groups attached to an aromatic ring is 1. The number of carboxylic acids is 1. The minimum absolute atomic E-state index is 0.0689. The highest BCUT2D eigenvalue weighted by Gasteiger charge is 2.23. The van der Waals surface area contributed by atoms with Crippen molar-refractivity contribution in [3.63, 3.8) is 0 Å². The molecule has 2 aromatic carbocycles. The molecule has 1 aromatic heterocycles. The molecule has 0 aliphatic rings. The van der Waals surface area contributed by atoms with Crippen molar-refractivity contribution in [2.45, 2.75) is 13.8 Å². The Kier molecular flexibility index (Phi) is 6.92. The number of carboxylic acid groups (broad SMARTS) is 1. The maximum absolute atomic E-state index is 12.8. The number of hydrogen-bond acceptors (Lipinski definition) is 5. The van der Waals surface area contributed by atoms with Gasteiger partial charge in [0, 0.05) is 28.9 Å². The summed E-state index contributed by atoms with van der Waals surface area (Å²) in [5, 5.41) is 22.6. The van der Waals surface area contributed by atoms with Crippen LogP contribution in [0.3, 0.4) is 0 Å². The molecule has 3 rings (SSSR count). The largest absolute Gasteiger partial charge is 0.478 e. The van der Waals surface area contributed by atoms with Crippen LogP contribution in [-0.2, 0) is 0 Å². The van der Waals surface area contributed by atoms with Crippen LogP contribution in [0.15, 0.2) is 59.2 Å². The lowest BCUT2D eigenvalue weighted by molar-refractivity contribution is 0.0697. The Bertz CT molecular complexity index is 1210. The normalized spacial score (nSPS) is 10.6. The molecule has 0 aliphatic carbocycles. The van der Waals surface area contributed by atoms with Crippen LogP contribution in [0.25, 0.3) is 11.3 Å². The molecular formula is C24H24N4O5. The second-order valence-corrected chi connectivity index (χ2v) is 7.78. The fourth-order valence-electron chi connectivity index (χ4n) is 3.09. The van der Waals surface area contributed by atoms with Crippen LogP contribution in [0.1, 0.15) is 50.5 Å². The molecule has 1 heterocycles. The molecule has 3 aromatic rings. The molecule has 6 N–H and O–H groups in total. The van der Waals surface area contributed by atoms with E-state index in [1.54, 1.807) is 24.3 Å². The van der Waals surface area contributed by atoms with Gasteiger partial charge in [-0.2, -0.15) is 0 Å². The topological polar surface area (TPSA) is 159 Å². The van der Waals surface area contributed by atoms with Crippen molar-refractivity contribution >= 4 is 29.3 Å². The molecule has 0 aliphatic heterocycles. The Morgan fingerprint density at radius 2 is 1.67 bits per heavy atom. The van der Waals surface area contributed by atoms with Crippen molar-refractivity contribution < 1.29 is 23.9 Å². The van der Waals surface area contributed by atoms with Crippen molar-refractivity contribution in [3.05, 3.63) is 77.0 Å². The van der Waals surface area contributed by atoms with Gasteiger partial charge in [0.25, 0.3) is 11.8 Å². The fraction of sp³-hybridized carbons (Fsp3) is 0.167. The maximum Gasteiger partial charge on any atom is 0.336 e. The maximum atomic E-state index is 12.8. The average Bonchev–Trinajstić information content (AvgIpc) is 3.27. The van der Waals surface area contributed by atoms with E-state index in [9.17, 15) is 19.5 Å². The molecular weight excluding hydrogens is 424 g/mol. The highest BCUT2D eigenvalue weighted by Crippen LogP contribution is 2.30. The van der Waals surface area contributed by atoms with E-state index in [1.165, 1.54) is 30.5 Å². The summed E-state index contributed by atoms with van der Waals surface area (Å²) in [4.78, 5) is 37.1. The summed E-state index contributed by atoms with van der Waals surface area (Å²) < 4.78 is 5.46. The average molecular weight is 448 g/mol. The summed E-state index contributed by atoms with van der Waals surface area (Å²) in [6, 6.07) is 12.0. The van der Waals surface area contributed by atoms with E-state index in [0.29, 0.717) is 17.8 Å². The number of aromatic carboxylic acids is 1. The smallest absolute Gasteiger partial charge is 0.336 e. The molecule has 0 spiro atoms. The number of nitrogens with two attached hydrogens (primary N) is 1.